The molecule has 1 atom stereocenters. The number of piperidine rings is 1. The highest BCUT2D eigenvalue weighted by molar-refractivity contribution is 5.98. The Kier molecular flexibility index (Phi) is 4.05. The molecule has 0 radical (unpaired) electrons. The van der Waals surface area contributed by atoms with Crippen molar-refractivity contribution in [2.45, 2.75) is 45.6 Å². The second kappa shape index (κ2) is 6.27. The lowest BCUT2D eigenvalue weighted by atomic mass is 9.99. The van der Waals surface area contributed by atoms with E-state index >= 15 is 0 Å². The van der Waals surface area contributed by atoms with Gasteiger partial charge in [0.25, 0.3) is 11.5 Å². The summed E-state index contributed by atoms with van der Waals surface area (Å²) < 4.78 is 3.32. The fourth-order valence-electron chi connectivity index (χ4n) is 4.02. The first-order valence-corrected chi connectivity index (χ1v) is 9.30. The van der Waals surface area contributed by atoms with Crippen LogP contribution in [0.5, 0.6) is 0 Å². The molecular weight excluding hydrogens is 328 g/mol. The summed E-state index contributed by atoms with van der Waals surface area (Å²) >= 11 is 0. The smallest absolute Gasteiger partial charge is 0.270 e. The highest BCUT2D eigenvalue weighted by Gasteiger charge is 2.28. The minimum Gasteiger partial charge on any atom is -0.334 e. The second-order valence-corrected chi connectivity index (χ2v) is 7.23. The monoisotopic (exact) mass is 352 g/mol. The molecule has 1 fully saturated rings. The van der Waals surface area contributed by atoms with Gasteiger partial charge in [-0.05, 0) is 50.3 Å². The van der Waals surface area contributed by atoms with Crippen LogP contribution in [0, 0.1) is 6.92 Å². The maximum Gasteiger partial charge on any atom is 0.270 e. The minimum absolute atomic E-state index is 0.00156. The van der Waals surface area contributed by atoms with E-state index in [1.54, 1.807) is 21.2 Å². The van der Waals surface area contributed by atoms with E-state index in [4.69, 9.17) is 0 Å². The number of rotatable bonds is 2. The molecule has 0 saturated carbocycles. The molecule has 4 rings (SSSR count). The number of carbonyl (C=O) groups is 1. The number of aryl methyl sites for hydroxylation is 2. The molecule has 4 heterocycles. The molecular formula is C20H24N4O2. The lowest BCUT2D eigenvalue weighted by Crippen LogP contribution is -2.43. The van der Waals surface area contributed by atoms with Gasteiger partial charge in [0.15, 0.2) is 0 Å². The lowest BCUT2D eigenvalue weighted by Gasteiger charge is -2.35. The summed E-state index contributed by atoms with van der Waals surface area (Å²) in [4.78, 5) is 32.7. The van der Waals surface area contributed by atoms with Crippen molar-refractivity contribution in [3.8, 4) is 0 Å². The predicted octanol–water partition coefficient (Wildman–Crippen LogP) is 2.90. The maximum absolute atomic E-state index is 13.2. The summed E-state index contributed by atoms with van der Waals surface area (Å²) in [5, 5.41) is 0.490. The van der Waals surface area contributed by atoms with Gasteiger partial charge in [0.2, 0.25) is 0 Å². The Balaban J connectivity index is 1.87. The van der Waals surface area contributed by atoms with Crippen LogP contribution >= 0.6 is 0 Å². The van der Waals surface area contributed by atoms with E-state index in [1.807, 2.05) is 31.0 Å². The molecule has 0 spiro atoms. The molecule has 0 aliphatic carbocycles. The van der Waals surface area contributed by atoms with Gasteiger partial charge in [0.1, 0.15) is 17.0 Å². The van der Waals surface area contributed by atoms with Gasteiger partial charge in [-0.25, -0.2) is 4.98 Å². The number of hydrogen-bond acceptors (Lipinski definition) is 3. The summed E-state index contributed by atoms with van der Waals surface area (Å²) in [6.45, 7) is 4.85. The molecule has 3 aromatic rings. The van der Waals surface area contributed by atoms with E-state index in [1.165, 1.54) is 6.42 Å². The minimum atomic E-state index is -0.131. The van der Waals surface area contributed by atoms with Gasteiger partial charge in [0.05, 0.1) is 5.39 Å². The third kappa shape index (κ3) is 2.52. The van der Waals surface area contributed by atoms with E-state index in [0.717, 1.165) is 31.4 Å². The number of hydrogen-bond donors (Lipinski definition) is 0. The number of nitrogens with zero attached hydrogens (tertiary/aromatic N) is 4. The zero-order valence-corrected chi connectivity index (χ0v) is 15.5. The van der Waals surface area contributed by atoms with Crippen molar-refractivity contribution in [3.05, 3.63) is 46.0 Å². The van der Waals surface area contributed by atoms with Crippen molar-refractivity contribution >= 4 is 22.6 Å². The van der Waals surface area contributed by atoms with E-state index in [2.05, 4.69) is 11.9 Å². The molecule has 1 amide bonds. The molecule has 0 N–H and O–H groups in total. The Morgan fingerprint density at radius 1 is 1.31 bits per heavy atom. The van der Waals surface area contributed by atoms with E-state index in [9.17, 15) is 9.59 Å². The number of fused-ring (bicyclic) bond motifs is 2. The topological polar surface area (TPSA) is 59.6 Å². The first-order valence-electron chi connectivity index (χ1n) is 9.30. The molecule has 0 unspecified atom stereocenters. The SMILES string of the molecule is CC[C@H]1CCCCN1C(=O)c1cc2c(=O)n3cc(C)ccc3nc2n1C. The number of pyridine rings is 1. The average Bonchev–Trinajstić information content (AvgIpc) is 2.99. The Hall–Kier alpha value is -2.63. The first-order chi connectivity index (χ1) is 12.5. The normalized spacial score (nSPS) is 18.0. The number of carbonyl (C=O) groups excluding carboxylic acids is 1. The molecule has 0 bridgehead atoms. The molecule has 1 aliphatic heterocycles. The fourth-order valence-corrected chi connectivity index (χ4v) is 4.02. The number of aromatic nitrogens is 3. The summed E-state index contributed by atoms with van der Waals surface area (Å²) in [7, 11) is 1.82. The second-order valence-electron chi connectivity index (χ2n) is 7.23. The van der Waals surface area contributed by atoms with Crippen LogP contribution in [0.4, 0.5) is 0 Å². The van der Waals surface area contributed by atoms with E-state index in [-0.39, 0.29) is 17.5 Å². The van der Waals surface area contributed by atoms with Crippen LogP contribution in [0.15, 0.2) is 29.2 Å². The van der Waals surface area contributed by atoms with Gasteiger partial charge in [-0.15, -0.1) is 0 Å². The fraction of sp³-hybridized carbons (Fsp3) is 0.450. The van der Waals surface area contributed by atoms with Crippen LogP contribution in [0.2, 0.25) is 0 Å². The van der Waals surface area contributed by atoms with Crippen molar-refractivity contribution in [2.75, 3.05) is 6.54 Å². The van der Waals surface area contributed by atoms with Crippen LogP contribution in [0.3, 0.4) is 0 Å². The average molecular weight is 352 g/mol. The third-order valence-electron chi connectivity index (χ3n) is 5.52. The van der Waals surface area contributed by atoms with Crippen molar-refractivity contribution in [3.63, 3.8) is 0 Å². The zero-order valence-electron chi connectivity index (χ0n) is 15.5. The van der Waals surface area contributed by atoms with Gasteiger partial charge in [0, 0.05) is 25.8 Å². The molecule has 6 nitrogen and oxygen atoms in total. The first kappa shape index (κ1) is 16.8. The standard InChI is InChI=1S/C20H24N4O2/c1-4-14-7-5-6-10-23(14)20(26)16-11-15-18(22(16)3)21-17-9-8-13(2)12-24(17)19(15)25/h8-9,11-12,14H,4-7,10H2,1-3H3/t14-/m0/s1. The zero-order chi connectivity index (χ0) is 18.4. The van der Waals surface area contributed by atoms with Gasteiger partial charge >= 0.3 is 0 Å². The molecule has 136 valence electrons. The number of amides is 1. The Labute approximate surface area is 152 Å². The van der Waals surface area contributed by atoms with Gasteiger partial charge in [-0.3, -0.25) is 14.0 Å². The third-order valence-corrected chi connectivity index (χ3v) is 5.52. The van der Waals surface area contributed by atoms with E-state index in [0.29, 0.717) is 22.4 Å². The summed E-state index contributed by atoms with van der Waals surface area (Å²) in [6.07, 6.45) is 6.01. The van der Waals surface area contributed by atoms with Crippen molar-refractivity contribution in [1.82, 2.24) is 18.9 Å². The summed E-state index contributed by atoms with van der Waals surface area (Å²) in [6, 6.07) is 5.76. The van der Waals surface area contributed by atoms with Crippen molar-refractivity contribution in [1.29, 1.82) is 0 Å². The molecule has 6 heteroatoms. The van der Waals surface area contributed by atoms with Crippen LogP contribution in [-0.2, 0) is 7.05 Å². The molecule has 1 saturated heterocycles. The Bertz CT molecular complexity index is 1060. The largest absolute Gasteiger partial charge is 0.334 e. The highest BCUT2D eigenvalue weighted by Crippen LogP contribution is 2.24. The highest BCUT2D eigenvalue weighted by atomic mass is 16.2. The van der Waals surface area contributed by atoms with Crippen molar-refractivity contribution < 1.29 is 4.79 Å². The van der Waals surface area contributed by atoms with Crippen LogP contribution in [0.1, 0.15) is 48.7 Å². The Morgan fingerprint density at radius 3 is 2.88 bits per heavy atom. The van der Waals surface area contributed by atoms with Crippen LogP contribution < -0.4 is 5.56 Å². The number of likely N-dealkylation sites (tertiary alicyclic amines) is 1. The van der Waals surface area contributed by atoms with Crippen LogP contribution in [0.25, 0.3) is 16.7 Å². The molecule has 0 aromatic carbocycles. The quantitative estimate of drug-likeness (QED) is 0.712. The van der Waals surface area contributed by atoms with Crippen LogP contribution in [-0.4, -0.2) is 37.3 Å². The molecule has 1 aliphatic rings. The maximum atomic E-state index is 13.2. The van der Waals surface area contributed by atoms with Crippen molar-refractivity contribution in [2.24, 2.45) is 7.05 Å². The summed E-state index contributed by atoms with van der Waals surface area (Å²) in [5.74, 6) is 0.00156. The lowest BCUT2D eigenvalue weighted by molar-refractivity contribution is 0.0598. The predicted molar refractivity (Wildman–Crippen MR) is 102 cm³/mol. The molecule has 3 aromatic heterocycles. The Morgan fingerprint density at radius 2 is 2.12 bits per heavy atom. The van der Waals surface area contributed by atoms with Gasteiger partial charge in [-0.2, -0.15) is 0 Å². The van der Waals surface area contributed by atoms with Gasteiger partial charge < -0.3 is 9.47 Å². The van der Waals surface area contributed by atoms with E-state index < -0.39 is 0 Å². The molecule has 26 heavy (non-hydrogen) atoms. The van der Waals surface area contributed by atoms with Gasteiger partial charge in [-0.1, -0.05) is 13.0 Å². The summed E-state index contributed by atoms with van der Waals surface area (Å²) in [5.41, 5.74) is 2.56.